The van der Waals surface area contributed by atoms with Gasteiger partial charge in [-0.1, -0.05) is 36.9 Å². The van der Waals surface area contributed by atoms with Gasteiger partial charge >= 0.3 is 0 Å². The Kier molecular flexibility index (Phi) is 6.78. The number of carbonyl (C=O) groups is 1. The van der Waals surface area contributed by atoms with Crippen LogP contribution in [-0.4, -0.2) is 61.8 Å². The molecule has 150 valence electrons. The Hall–Kier alpha value is -1.15. The van der Waals surface area contributed by atoms with Crippen LogP contribution in [0.4, 0.5) is 0 Å². The summed E-state index contributed by atoms with van der Waals surface area (Å²) in [5, 5.41) is 3.57. The van der Waals surface area contributed by atoms with E-state index in [2.05, 4.69) is 10.2 Å². The summed E-state index contributed by atoms with van der Waals surface area (Å²) in [6, 6.07) is 6.38. The fraction of sp³-hybridized carbons (Fsp3) is 0.632. The van der Waals surface area contributed by atoms with E-state index in [1.165, 1.54) is 29.6 Å². The lowest BCUT2D eigenvalue weighted by atomic mass is 9.95. The average Bonchev–Trinajstić information content (AvgIpc) is 2.68. The lowest BCUT2D eigenvalue weighted by Gasteiger charge is -2.37. The van der Waals surface area contributed by atoms with E-state index >= 15 is 0 Å². The van der Waals surface area contributed by atoms with Crippen LogP contribution in [0.25, 0.3) is 0 Å². The molecule has 1 amide bonds. The maximum atomic E-state index is 12.8. The number of carbonyl (C=O) groups excluding carboxylic acids is 1. The number of hydrogen-bond donors (Lipinski definition) is 1. The first-order valence-corrected chi connectivity index (χ1v) is 11.5. The summed E-state index contributed by atoms with van der Waals surface area (Å²) in [7, 11) is -3.55. The number of nitrogens with one attached hydrogen (secondary N) is 1. The van der Waals surface area contributed by atoms with Crippen molar-refractivity contribution >= 4 is 27.5 Å². The highest BCUT2D eigenvalue weighted by molar-refractivity contribution is 7.89. The standard InChI is InChI=1S/C19H28ClN3O3S/c1-15(19(24)21-17-7-3-2-4-8-17)22-10-12-23(13-11-22)27(25,26)18-9-5-6-16(20)14-18/h5-6,9,14-15,17H,2-4,7-8,10-13H2,1H3,(H,21,24)/t15-/m1/s1. The summed E-state index contributed by atoms with van der Waals surface area (Å²) in [5.41, 5.74) is 0. The minimum atomic E-state index is -3.55. The Morgan fingerprint density at radius 2 is 1.81 bits per heavy atom. The molecule has 1 saturated carbocycles. The lowest BCUT2D eigenvalue weighted by molar-refractivity contribution is -0.127. The quantitative estimate of drug-likeness (QED) is 0.805. The molecule has 1 aliphatic carbocycles. The zero-order valence-corrected chi connectivity index (χ0v) is 17.3. The van der Waals surface area contributed by atoms with Gasteiger partial charge in [0, 0.05) is 37.2 Å². The molecule has 0 spiro atoms. The van der Waals surface area contributed by atoms with Crippen LogP contribution in [0.1, 0.15) is 39.0 Å². The van der Waals surface area contributed by atoms with Crippen LogP contribution in [-0.2, 0) is 14.8 Å². The Labute approximate surface area is 166 Å². The van der Waals surface area contributed by atoms with Crippen molar-refractivity contribution in [2.45, 2.75) is 56.0 Å². The largest absolute Gasteiger partial charge is 0.352 e. The number of nitrogens with zero attached hydrogens (tertiary/aromatic N) is 2. The molecule has 2 aliphatic rings. The van der Waals surface area contributed by atoms with Gasteiger partial charge in [-0.2, -0.15) is 4.31 Å². The van der Waals surface area contributed by atoms with Crippen LogP contribution in [0, 0.1) is 0 Å². The maximum absolute atomic E-state index is 12.8. The minimum absolute atomic E-state index is 0.0491. The molecule has 6 nitrogen and oxygen atoms in total. The summed E-state index contributed by atoms with van der Waals surface area (Å²) >= 11 is 5.93. The third kappa shape index (κ3) is 5.02. The lowest BCUT2D eigenvalue weighted by Crippen LogP contribution is -2.55. The zero-order chi connectivity index (χ0) is 19.4. The van der Waals surface area contributed by atoms with Crippen LogP contribution >= 0.6 is 11.6 Å². The summed E-state index contributed by atoms with van der Waals surface area (Å²) in [4.78, 5) is 14.8. The number of sulfonamides is 1. The molecular formula is C19H28ClN3O3S. The number of hydrogen-bond acceptors (Lipinski definition) is 4. The maximum Gasteiger partial charge on any atom is 0.243 e. The first-order chi connectivity index (χ1) is 12.9. The Morgan fingerprint density at radius 3 is 2.44 bits per heavy atom. The van der Waals surface area contributed by atoms with Crippen molar-refractivity contribution in [2.75, 3.05) is 26.2 Å². The molecule has 0 radical (unpaired) electrons. The van der Waals surface area contributed by atoms with Crippen LogP contribution in [0.2, 0.25) is 5.02 Å². The molecule has 3 rings (SSSR count). The van der Waals surface area contributed by atoms with E-state index in [1.54, 1.807) is 18.2 Å². The first kappa shape index (κ1) is 20.6. The molecule has 0 unspecified atom stereocenters. The second-order valence-electron chi connectivity index (χ2n) is 7.42. The molecule has 1 aromatic carbocycles. The number of benzene rings is 1. The Bertz CT molecular complexity index is 757. The highest BCUT2D eigenvalue weighted by Crippen LogP contribution is 2.22. The molecule has 1 aliphatic heterocycles. The third-order valence-electron chi connectivity index (χ3n) is 5.59. The third-order valence-corrected chi connectivity index (χ3v) is 7.72. The number of halogens is 1. The minimum Gasteiger partial charge on any atom is -0.352 e. The van der Waals surface area contributed by atoms with Crippen LogP contribution in [0.3, 0.4) is 0 Å². The molecule has 27 heavy (non-hydrogen) atoms. The number of rotatable bonds is 5. The molecule has 1 heterocycles. The van der Waals surface area contributed by atoms with Gasteiger partial charge in [-0.3, -0.25) is 9.69 Å². The molecule has 1 N–H and O–H groups in total. The van der Waals surface area contributed by atoms with Gasteiger partial charge in [0.25, 0.3) is 0 Å². The van der Waals surface area contributed by atoms with Crippen molar-refractivity contribution in [3.05, 3.63) is 29.3 Å². The highest BCUT2D eigenvalue weighted by Gasteiger charge is 2.32. The van der Waals surface area contributed by atoms with Crippen molar-refractivity contribution < 1.29 is 13.2 Å². The Morgan fingerprint density at radius 1 is 1.15 bits per heavy atom. The summed E-state index contributed by atoms with van der Waals surface area (Å²) in [6.07, 6.45) is 5.73. The Balaban J connectivity index is 1.55. The van der Waals surface area contributed by atoms with Crippen molar-refractivity contribution in [2.24, 2.45) is 0 Å². The molecule has 2 fully saturated rings. The van der Waals surface area contributed by atoms with E-state index in [9.17, 15) is 13.2 Å². The summed E-state index contributed by atoms with van der Waals surface area (Å²) < 4.78 is 27.0. The smallest absolute Gasteiger partial charge is 0.243 e. The summed E-state index contributed by atoms with van der Waals surface area (Å²) in [5.74, 6) is 0.0491. The highest BCUT2D eigenvalue weighted by atomic mass is 35.5. The molecule has 1 aromatic rings. The fourth-order valence-corrected chi connectivity index (χ4v) is 5.57. The van der Waals surface area contributed by atoms with E-state index in [-0.39, 0.29) is 22.9 Å². The second kappa shape index (κ2) is 8.90. The van der Waals surface area contributed by atoms with Crippen molar-refractivity contribution in [1.29, 1.82) is 0 Å². The molecule has 0 bridgehead atoms. The summed E-state index contributed by atoms with van der Waals surface area (Å²) in [6.45, 7) is 3.73. The van der Waals surface area contributed by atoms with Crippen LogP contribution in [0.15, 0.2) is 29.2 Å². The average molecular weight is 414 g/mol. The molecular weight excluding hydrogens is 386 g/mol. The predicted molar refractivity (Wildman–Crippen MR) is 106 cm³/mol. The molecule has 0 aromatic heterocycles. The first-order valence-electron chi connectivity index (χ1n) is 9.68. The van der Waals surface area contributed by atoms with E-state index in [0.29, 0.717) is 31.2 Å². The fourth-order valence-electron chi connectivity index (χ4n) is 3.84. The predicted octanol–water partition coefficient (Wildman–Crippen LogP) is 2.48. The number of piperazine rings is 1. The van der Waals surface area contributed by atoms with Crippen molar-refractivity contribution in [3.63, 3.8) is 0 Å². The van der Waals surface area contributed by atoms with Gasteiger partial charge in [-0.25, -0.2) is 8.42 Å². The van der Waals surface area contributed by atoms with E-state index in [0.717, 1.165) is 12.8 Å². The van der Waals surface area contributed by atoms with Gasteiger partial charge in [0.05, 0.1) is 10.9 Å². The molecule has 1 atom stereocenters. The molecule has 8 heteroatoms. The van der Waals surface area contributed by atoms with E-state index < -0.39 is 10.0 Å². The zero-order valence-electron chi connectivity index (χ0n) is 15.7. The van der Waals surface area contributed by atoms with Gasteiger partial charge in [-0.15, -0.1) is 0 Å². The van der Waals surface area contributed by atoms with Gasteiger partial charge in [-0.05, 0) is 38.0 Å². The van der Waals surface area contributed by atoms with E-state index in [1.807, 2.05) is 6.92 Å². The molecule has 1 saturated heterocycles. The van der Waals surface area contributed by atoms with Gasteiger partial charge in [0.1, 0.15) is 0 Å². The van der Waals surface area contributed by atoms with Crippen molar-refractivity contribution in [3.8, 4) is 0 Å². The van der Waals surface area contributed by atoms with Gasteiger partial charge in [0.2, 0.25) is 15.9 Å². The van der Waals surface area contributed by atoms with Crippen LogP contribution < -0.4 is 5.32 Å². The number of amides is 1. The van der Waals surface area contributed by atoms with Gasteiger partial charge < -0.3 is 5.32 Å². The monoisotopic (exact) mass is 413 g/mol. The van der Waals surface area contributed by atoms with Crippen molar-refractivity contribution in [1.82, 2.24) is 14.5 Å². The van der Waals surface area contributed by atoms with Crippen LogP contribution in [0.5, 0.6) is 0 Å². The topological polar surface area (TPSA) is 69.7 Å². The van der Waals surface area contributed by atoms with E-state index in [4.69, 9.17) is 11.6 Å². The van der Waals surface area contributed by atoms with Gasteiger partial charge in [0.15, 0.2) is 0 Å². The SMILES string of the molecule is C[C@H](C(=O)NC1CCCCC1)N1CCN(S(=O)(=O)c2cccc(Cl)c2)CC1. The second-order valence-corrected chi connectivity index (χ2v) is 9.79. The normalized spacial score (nSPS) is 21.7.